The Kier molecular flexibility index (Phi) is 9.40. The Morgan fingerprint density at radius 3 is 1.31 bits per heavy atom. The third-order valence-corrected chi connectivity index (χ3v) is 6.18. The fourth-order valence-corrected chi connectivity index (χ4v) is 4.30. The van der Waals surface area contributed by atoms with Gasteiger partial charge in [0.05, 0.1) is 0 Å². The van der Waals surface area contributed by atoms with Crippen LogP contribution in [0.3, 0.4) is 0 Å². The van der Waals surface area contributed by atoms with Crippen molar-refractivity contribution in [3.8, 4) is 0 Å². The molecule has 0 bridgehead atoms. The zero-order chi connectivity index (χ0) is 22.0. The Morgan fingerprint density at radius 2 is 1.03 bits per heavy atom. The molecule has 0 fully saturated rings. The highest BCUT2D eigenvalue weighted by atomic mass is 35.6. The maximum absolute atomic E-state index is 6.14. The van der Waals surface area contributed by atoms with Gasteiger partial charge in [-0.05, 0) is 30.4 Å². The molecule has 0 saturated carbocycles. The predicted octanol–water partition coefficient (Wildman–Crippen LogP) is 7.19. The van der Waals surface area contributed by atoms with Crippen LogP contribution in [0.5, 0.6) is 0 Å². The van der Waals surface area contributed by atoms with Crippen LogP contribution in [-0.2, 0) is 70.9 Å². The van der Waals surface area contributed by atoms with Crippen LogP contribution in [0, 0.1) is 0 Å². The molecule has 0 radical (unpaired) electrons. The van der Waals surface area contributed by atoms with Gasteiger partial charge in [-0.25, -0.2) is 6.70 Å². The smallest absolute Gasteiger partial charge is 0.216 e. The normalized spacial score (nSPS) is 12.1. The van der Waals surface area contributed by atoms with E-state index in [0.29, 0.717) is 35.3 Å². The standard InChI is InChI=1S/C17H12Cl6N2S4/c18-16(19,20)14-8-12(24(26)27)6-4-10(14)2-1-3-11-5-7-13(25(28)29)9-15(11)17(21,22)23/h4-9H,1-3H2. The second kappa shape index (κ2) is 10.5. The topological polar surface area (TPSA) is 6.02 Å². The first-order valence-corrected chi connectivity index (χ1v) is 11.7. The zero-order valence-corrected chi connectivity index (χ0v) is 22.2. The highest BCUT2D eigenvalue weighted by molar-refractivity contribution is 7.58. The van der Waals surface area contributed by atoms with Crippen molar-refractivity contribution in [2.45, 2.75) is 26.8 Å². The van der Waals surface area contributed by atoms with Crippen molar-refractivity contribution in [3.05, 3.63) is 58.7 Å². The summed E-state index contributed by atoms with van der Waals surface area (Å²) < 4.78 is -0.959. The average molecular weight is 585 g/mol. The molecule has 2 rings (SSSR count). The lowest BCUT2D eigenvalue weighted by Gasteiger charge is -2.19. The minimum absolute atomic E-state index is 0.532. The Bertz CT molecular complexity index is 865. The van der Waals surface area contributed by atoms with Crippen LogP contribution in [0.4, 0.5) is 11.4 Å². The number of aryl methyl sites for hydroxylation is 2. The summed E-state index contributed by atoms with van der Waals surface area (Å²) in [5, 5.41) is 0. The van der Waals surface area contributed by atoms with Gasteiger partial charge in [-0.15, -0.1) is 0 Å². The second-order valence-corrected chi connectivity index (χ2v) is 12.5. The van der Waals surface area contributed by atoms with Crippen LogP contribution < -0.4 is 0 Å². The number of benzene rings is 2. The SMILES string of the molecule is S=[N+]([S-])c1ccc(CCCc2ccc([N+](=S)[S-])cc2C(Cl)(Cl)Cl)c(C(Cl)(Cl)Cl)c1. The summed E-state index contributed by atoms with van der Waals surface area (Å²) in [6, 6.07) is 10.7. The minimum atomic E-state index is -1.60. The van der Waals surface area contributed by atoms with Crippen molar-refractivity contribution < 1.29 is 6.70 Å². The molecule has 0 aromatic heterocycles. The quantitative estimate of drug-likeness (QED) is 0.201. The summed E-state index contributed by atoms with van der Waals surface area (Å²) in [6.07, 6.45) is 1.98. The van der Waals surface area contributed by atoms with E-state index in [4.69, 9.17) is 120 Å². The van der Waals surface area contributed by atoms with E-state index in [9.17, 15) is 0 Å². The summed E-state index contributed by atoms with van der Waals surface area (Å²) >= 11 is 56.7. The largest absolute Gasteiger partial charge is 0.225 e. The molecular weight excluding hydrogens is 573 g/mol. The Hall–Kier alpha value is 0.660. The van der Waals surface area contributed by atoms with Gasteiger partial charge < -0.3 is 0 Å². The maximum atomic E-state index is 6.14. The van der Waals surface area contributed by atoms with E-state index in [-0.39, 0.29) is 0 Å². The fourth-order valence-electron chi connectivity index (χ4n) is 2.79. The molecule has 0 saturated heterocycles. The molecular formula is C17H12Cl6N2S4. The number of rotatable bonds is 6. The van der Waals surface area contributed by atoms with Gasteiger partial charge in [-0.1, -0.05) is 132 Å². The highest BCUT2D eigenvalue weighted by Gasteiger charge is 2.29. The van der Waals surface area contributed by atoms with Crippen LogP contribution in [0.15, 0.2) is 36.4 Å². The molecule has 12 heteroatoms. The molecule has 2 nitrogen and oxygen atoms in total. The molecule has 2 aromatic rings. The van der Waals surface area contributed by atoms with E-state index in [1.54, 1.807) is 24.3 Å². The molecule has 156 valence electrons. The van der Waals surface area contributed by atoms with Crippen LogP contribution in [-0.4, -0.2) is 6.70 Å². The number of nitrogens with zero attached hydrogens (tertiary/aromatic N) is 2. The third kappa shape index (κ3) is 7.35. The molecule has 0 aliphatic heterocycles. The molecule has 0 N–H and O–H groups in total. The number of hydrogen-bond acceptors (Lipinski definition) is 4. The fraction of sp³-hybridized carbons (Fsp3) is 0.294. The van der Waals surface area contributed by atoms with E-state index in [0.717, 1.165) is 24.2 Å². The maximum Gasteiger partial charge on any atom is 0.216 e. The van der Waals surface area contributed by atoms with E-state index in [1.165, 1.54) is 0 Å². The Balaban J connectivity index is 2.26. The molecule has 2 aromatic carbocycles. The minimum Gasteiger partial charge on any atom is -0.225 e. The van der Waals surface area contributed by atoms with Crippen LogP contribution in [0.25, 0.3) is 0 Å². The van der Waals surface area contributed by atoms with E-state index < -0.39 is 7.59 Å². The van der Waals surface area contributed by atoms with E-state index in [1.807, 2.05) is 12.1 Å². The molecule has 0 heterocycles. The summed E-state index contributed by atoms with van der Waals surface area (Å²) in [6.45, 7) is 0. The van der Waals surface area contributed by atoms with Crippen molar-refractivity contribution >= 4 is 131 Å². The van der Waals surface area contributed by atoms with Crippen LogP contribution in [0.1, 0.15) is 28.7 Å². The Morgan fingerprint density at radius 1 is 0.690 bits per heavy atom. The summed E-state index contributed by atoms with van der Waals surface area (Å²) in [5.74, 6) is 0. The molecule has 0 amide bonds. The second-order valence-electron chi connectivity index (χ2n) is 6.05. The Labute approximate surface area is 221 Å². The van der Waals surface area contributed by atoms with Gasteiger partial charge in [0.1, 0.15) is 0 Å². The van der Waals surface area contributed by atoms with Crippen molar-refractivity contribution in [3.63, 3.8) is 0 Å². The molecule has 0 unspecified atom stereocenters. The lowest BCUT2D eigenvalue weighted by molar-refractivity contribution is -0.197. The van der Waals surface area contributed by atoms with Gasteiger partial charge >= 0.3 is 0 Å². The third-order valence-electron chi connectivity index (χ3n) is 4.11. The summed E-state index contributed by atoms with van der Waals surface area (Å²) in [7, 11) is 0. The zero-order valence-electron chi connectivity index (χ0n) is 14.4. The van der Waals surface area contributed by atoms with Crippen LogP contribution in [0.2, 0.25) is 0 Å². The van der Waals surface area contributed by atoms with Gasteiger partial charge in [-0.2, -0.15) is 0 Å². The first-order valence-electron chi connectivity index (χ1n) is 7.99. The lowest BCUT2D eigenvalue weighted by atomic mass is 9.97. The van der Waals surface area contributed by atoms with Crippen molar-refractivity contribution in [2.75, 3.05) is 0 Å². The van der Waals surface area contributed by atoms with E-state index in [2.05, 4.69) is 0 Å². The summed E-state index contributed by atoms with van der Waals surface area (Å²) in [4.78, 5) is 0. The number of hydrogen-bond donors (Lipinski definition) is 0. The van der Waals surface area contributed by atoms with Crippen molar-refractivity contribution in [1.82, 2.24) is 0 Å². The van der Waals surface area contributed by atoms with Gasteiger partial charge in [0.15, 0.2) is 0 Å². The van der Waals surface area contributed by atoms with Gasteiger partial charge in [0.2, 0.25) is 19.0 Å². The number of alkyl halides is 6. The molecule has 29 heavy (non-hydrogen) atoms. The molecule has 0 spiro atoms. The monoisotopic (exact) mass is 582 g/mol. The van der Waals surface area contributed by atoms with E-state index >= 15 is 0 Å². The molecule has 0 atom stereocenters. The first kappa shape index (κ1) is 25.9. The van der Waals surface area contributed by atoms with Crippen molar-refractivity contribution in [1.29, 1.82) is 0 Å². The van der Waals surface area contributed by atoms with Crippen LogP contribution >= 0.6 is 69.6 Å². The average Bonchev–Trinajstić information content (AvgIpc) is 2.60. The summed E-state index contributed by atoms with van der Waals surface area (Å²) in [5.41, 5.74) is 3.98. The highest BCUT2D eigenvalue weighted by Crippen LogP contribution is 2.43. The molecule has 0 aliphatic rings. The molecule has 0 aliphatic carbocycles. The van der Waals surface area contributed by atoms with Gasteiger partial charge in [-0.3, -0.25) is 0 Å². The van der Waals surface area contributed by atoms with Crippen molar-refractivity contribution in [2.24, 2.45) is 0 Å². The lowest BCUT2D eigenvalue weighted by Crippen LogP contribution is -2.09. The predicted molar refractivity (Wildman–Crippen MR) is 133 cm³/mol. The number of halogens is 6. The van der Waals surface area contributed by atoms with Gasteiger partial charge in [0, 0.05) is 35.4 Å². The van der Waals surface area contributed by atoms with Gasteiger partial charge in [0.25, 0.3) is 0 Å². The first-order chi connectivity index (χ1) is 13.3.